The van der Waals surface area contributed by atoms with Crippen molar-refractivity contribution in [2.45, 2.75) is 13.1 Å². The predicted molar refractivity (Wildman–Crippen MR) is 123 cm³/mol. The molecular formula is C21H27F2IN4O. The molecule has 0 bridgehead atoms. The normalized spacial score (nSPS) is 14.3. The minimum Gasteiger partial charge on any atom is -0.378 e. The molecule has 158 valence electrons. The van der Waals surface area contributed by atoms with Gasteiger partial charge in [-0.25, -0.2) is 8.78 Å². The average Bonchev–Trinajstić information content (AvgIpc) is 2.69. The summed E-state index contributed by atoms with van der Waals surface area (Å²) in [6.45, 7) is 3.60. The molecule has 0 spiro atoms. The first-order valence-electron chi connectivity index (χ1n) is 9.34. The van der Waals surface area contributed by atoms with Crippen LogP contribution in [0.25, 0.3) is 0 Å². The number of nitrogens with zero attached hydrogens (tertiary/aromatic N) is 3. The number of anilines is 1. The number of hydrogen-bond donors (Lipinski definition) is 1. The fourth-order valence-corrected chi connectivity index (χ4v) is 3.27. The molecule has 5 nitrogen and oxygen atoms in total. The van der Waals surface area contributed by atoms with E-state index in [0.29, 0.717) is 51.0 Å². The van der Waals surface area contributed by atoms with E-state index in [1.807, 2.05) is 35.0 Å². The van der Waals surface area contributed by atoms with Gasteiger partial charge in [0, 0.05) is 40.3 Å². The lowest BCUT2D eigenvalue weighted by Gasteiger charge is -2.29. The topological polar surface area (TPSA) is 40.1 Å². The van der Waals surface area contributed by atoms with E-state index in [-0.39, 0.29) is 35.6 Å². The van der Waals surface area contributed by atoms with E-state index < -0.39 is 0 Å². The molecule has 1 fully saturated rings. The number of rotatable bonds is 5. The van der Waals surface area contributed by atoms with Gasteiger partial charge >= 0.3 is 0 Å². The smallest absolute Gasteiger partial charge is 0.193 e. The number of ether oxygens (including phenoxy) is 1. The molecule has 0 atom stereocenters. The zero-order chi connectivity index (χ0) is 19.9. The Morgan fingerprint density at radius 2 is 1.90 bits per heavy atom. The van der Waals surface area contributed by atoms with Gasteiger partial charge in [0.1, 0.15) is 11.6 Å². The van der Waals surface area contributed by atoms with Crippen molar-refractivity contribution in [1.82, 2.24) is 10.2 Å². The highest BCUT2D eigenvalue weighted by atomic mass is 127. The van der Waals surface area contributed by atoms with Gasteiger partial charge in [-0.15, -0.1) is 24.0 Å². The van der Waals surface area contributed by atoms with Crippen LogP contribution in [0.3, 0.4) is 0 Å². The van der Waals surface area contributed by atoms with Crippen LogP contribution in [0.5, 0.6) is 0 Å². The van der Waals surface area contributed by atoms with Crippen molar-refractivity contribution in [3.05, 3.63) is 65.2 Å². The van der Waals surface area contributed by atoms with Gasteiger partial charge in [-0.2, -0.15) is 0 Å². The third kappa shape index (κ3) is 6.53. The van der Waals surface area contributed by atoms with Crippen molar-refractivity contribution in [3.8, 4) is 0 Å². The van der Waals surface area contributed by atoms with Gasteiger partial charge in [0.25, 0.3) is 0 Å². The Balaban J connectivity index is 0.00000300. The van der Waals surface area contributed by atoms with Crippen molar-refractivity contribution >= 4 is 35.6 Å². The highest BCUT2D eigenvalue weighted by Gasteiger charge is 2.15. The molecular weight excluding hydrogens is 489 g/mol. The minimum absolute atomic E-state index is 0. The fourth-order valence-electron chi connectivity index (χ4n) is 3.27. The molecule has 0 aliphatic carbocycles. The Hall–Kier alpha value is -1.94. The molecule has 0 unspecified atom stereocenters. The number of nitrogens with one attached hydrogen (secondary N) is 1. The highest BCUT2D eigenvalue weighted by Crippen LogP contribution is 2.21. The number of morpholine rings is 1. The van der Waals surface area contributed by atoms with E-state index in [1.165, 1.54) is 12.1 Å². The molecule has 0 radical (unpaired) electrons. The van der Waals surface area contributed by atoms with Crippen molar-refractivity contribution in [2.75, 3.05) is 45.3 Å². The second kappa shape index (κ2) is 11.3. The minimum atomic E-state index is -0.260. The highest BCUT2D eigenvalue weighted by molar-refractivity contribution is 14.0. The molecule has 1 aliphatic heterocycles. The monoisotopic (exact) mass is 516 g/mol. The summed E-state index contributed by atoms with van der Waals surface area (Å²) >= 11 is 0. The van der Waals surface area contributed by atoms with Crippen LogP contribution < -0.4 is 10.2 Å². The van der Waals surface area contributed by atoms with Gasteiger partial charge in [0.2, 0.25) is 0 Å². The lowest BCUT2D eigenvalue weighted by molar-refractivity contribution is 0.122. The van der Waals surface area contributed by atoms with Crippen LogP contribution in [0.2, 0.25) is 0 Å². The summed E-state index contributed by atoms with van der Waals surface area (Å²) < 4.78 is 33.2. The molecule has 1 heterocycles. The first-order valence-corrected chi connectivity index (χ1v) is 9.34. The van der Waals surface area contributed by atoms with Crippen LogP contribution in [-0.2, 0) is 17.8 Å². The molecule has 0 aromatic heterocycles. The van der Waals surface area contributed by atoms with Crippen LogP contribution in [0, 0.1) is 11.6 Å². The third-order valence-corrected chi connectivity index (χ3v) is 4.70. The third-order valence-electron chi connectivity index (χ3n) is 4.70. The Morgan fingerprint density at radius 3 is 2.55 bits per heavy atom. The van der Waals surface area contributed by atoms with E-state index in [4.69, 9.17) is 4.74 Å². The molecule has 1 N–H and O–H groups in total. The zero-order valence-corrected chi connectivity index (χ0v) is 19.0. The Bertz CT molecular complexity index is 828. The summed E-state index contributed by atoms with van der Waals surface area (Å²) in [6, 6.07) is 11.8. The Morgan fingerprint density at radius 1 is 1.14 bits per heavy atom. The van der Waals surface area contributed by atoms with Crippen molar-refractivity contribution in [2.24, 2.45) is 4.99 Å². The van der Waals surface area contributed by atoms with E-state index in [9.17, 15) is 8.78 Å². The number of benzene rings is 2. The van der Waals surface area contributed by atoms with Gasteiger partial charge in [0.05, 0.1) is 18.9 Å². The largest absolute Gasteiger partial charge is 0.378 e. The first kappa shape index (κ1) is 23.3. The van der Waals surface area contributed by atoms with Crippen LogP contribution in [-0.4, -0.2) is 51.3 Å². The summed E-state index contributed by atoms with van der Waals surface area (Å²) in [4.78, 5) is 8.15. The van der Waals surface area contributed by atoms with Crippen LogP contribution >= 0.6 is 24.0 Å². The second-order valence-corrected chi connectivity index (χ2v) is 6.77. The molecule has 3 rings (SSSR count). The molecule has 2 aromatic carbocycles. The predicted octanol–water partition coefficient (Wildman–Crippen LogP) is 3.63. The standard InChI is InChI=1S/C21H26F2N4O.HI/c1-24-21(26(2)15-17-4-3-5-18(22)12-17)25-14-16-6-7-20(19(23)13-16)27-8-10-28-11-9-27;/h3-7,12-13H,8-11,14-15H2,1-2H3,(H,24,25);1H. The van der Waals surface area contributed by atoms with Crippen molar-refractivity contribution < 1.29 is 13.5 Å². The SMILES string of the molecule is CN=C(NCc1ccc(N2CCOCC2)c(F)c1)N(C)Cc1cccc(F)c1.I. The maximum absolute atomic E-state index is 14.5. The second-order valence-electron chi connectivity index (χ2n) is 6.77. The molecule has 0 amide bonds. The maximum Gasteiger partial charge on any atom is 0.193 e. The van der Waals surface area contributed by atoms with E-state index >= 15 is 0 Å². The zero-order valence-electron chi connectivity index (χ0n) is 16.7. The van der Waals surface area contributed by atoms with Gasteiger partial charge in [0.15, 0.2) is 5.96 Å². The van der Waals surface area contributed by atoms with Crippen LogP contribution in [0.15, 0.2) is 47.5 Å². The Labute approximate surface area is 187 Å². The summed E-state index contributed by atoms with van der Waals surface area (Å²) in [5.74, 6) is 0.163. The number of aliphatic imine (C=N–C) groups is 1. The molecule has 1 aliphatic rings. The molecule has 1 saturated heterocycles. The van der Waals surface area contributed by atoms with Crippen molar-refractivity contribution in [3.63, 3.8) is 0 Å². The van der Waals surface area contributed by atoms with Gasteiger partial charge < -0.3 is 19.9 Å². The van der Waals surface area contributed by atoms with E-state index in [0.717, 1.165) is 11.1 Å². The van der Waals surface area contributed by atoms with Gasteiger partial charge in [-0.1, -0.05) is 18.2 Å². The fraction of sp³-hybridized carbons (Fsp3) is 0.381. The molecule has 29 heavy (non-hydrogen) atoms. The van der Waals surface area contributed by atoms with E-state index in [1.54, 1.807) is 19.2 Å². The lowest BCUT2D eigenvalue weighted by atomic mass is 10.1. The van der Waals surface area contributed by atoms with Gasteiger partial charge in [-0.05, 0) is 35.4 Å². The lowest BCUT2D eigenvalue weighted by Crippen LogP contribution is -2.38. The number of hydrogen-bond acceptors (Lipinski definition) is 3. The van der Waals surface area contributed by atoms with Crippen molar-refractivity contribution in [1.29, 1.82) is 0 Å². The number of guanidine groups is 1. The van der Waals surface area contributed by atoms with Crippen LogP contribution in [0.1, 0.15) is 11.1 Å². The van der Waals surface area contributed by atoms with Crippen LogP contribution in [0.4, 0.5) is 14.5 Å². The summed E-state index contributed by atoms with van der Waals surface area (Å²) in [5.41, 5.74) is 2.29. The molecule has 2 aromatic rings. The first-order chi connectivity index (χ1) is 13.6. The van der Waals surface area contributed by atoms with Gasteiger partial charge in [-0.3, -0.25) is 4.99 Å². The summed E-state index contributed by atoms with van der Waals surface area (Å²) in [7, 11) is 3.56. The molecule has 8 heteroatoms. The Kier molecular flexibility index (Phi) is 9.09. The summed E-state index contributed by atoms with van der Waals surface area (Å²) in [6.07, 6.45) is 0. The van der Waals surface area contributed by atoms with E-state index in [2.05, 4.69) is 10.3 Å². The number of halogens is 3. The average molecular weight is 516 g/mol. The quantitative estimate of drug-likeness (QED) is 0.375. The molecule has 0 saturated carbocycles. The summed E-state index contributed by atoms with van der Waals surface area (Å²) in [5, 5.41) is 3.23. The maximum atomic E-state index is 14.5.